The van der Waals surface area contributed by atoms with Crippen molar-refractivity contribution in [3.63, 3.8) is 0 Å². The zero-order chi connectivity index (χ0) is 16.0. The van der Waals surface area contributed by atoms with Gasteiger partial charge in [0, 0.05) is 19.3 Å². The number of nitrogens with zero attached hydrogens (tertiary/aromatic N) is 2. The molecule has 1 aromatic rings. The Labute approximate surface area is 125 Å². The number of urea groups is 1. The molecular formula is C15H23N3O3. The number of carbonyl (C=O) groups is 2. The molecule has 6 heteroatoms. The van der Waals surface area contributed by atoms with Crippen molar-refractivity contribution >= 4 is 17.7 Å². The van der Waals surface area contributed by atoms with E-state index in [2.05, 4.69) is 10.2 Å². The third-order valence-electron chi connectivity index (χ3n) is 3.16. The summed E-state index contributed by atoms with van der Waals surface area (Å²) in [6, 6.07) is 4.45. The second kappa shape index (κ2) is 7.64. The zero-order valence-electron chi connectivity index (χ0n) is 13.0. The van der Waals surface area contributed by atoms with Crippen molar-refractivity contribution in [2.24, 2.45) is 0 Å². The number of aromatic carboxylic acids is 1. The summed E-state index contributed by atoms with van der Waals surface area (Å²) in [6.45, 7) is 3.36. The Balaban J connectivity index is 2.60. The lowest BCUT2D eigenvalue weighted by atomic mass is 10.1. The predicted octanol–water partition coefficient (Wildman–Crippen LogP) is 2.11. The van der Waals surface area contributed by atoms with Crippen LogP contribution in [-0.4, -0.2) is 61.1 Å². The van der Waals surface area contributed by atoms with Crippen molar-refractivity contribution < 1.29 is 14.7 Å². The van der Waals surface area contributed by atoms with Gasteiger partial charge in [0.05, 0.1) is 5.56 Å². The number of nitrogens with one attached hydrogen (secondary N) is 1. The van der Waals surface area contributed by atoms with Crippen LogP contribution in [0.25, 0.3) is 0 Å². The summed E-state index contributed by atoms with van der Waals surface area (Å²) in [6.07, 6.45) is 0.897. The molecule has 21 heavy (non-hydrogen) atoms. The van der Waals surface area contributed by atoms with E-state index in [1.165, 1.54) is 6.07 Å². The van der Waals surface area contributed by atoms with Gasteiger partial charge in [-0.25, -0.2) is 9.59 Å². The first kappa shape index (κ1) is 17.0. The van der Waals surface area contributed by atoms with E-state index in [0.29, 0.717) is 12.2 Å². The summed E-state index contributed by atoms with van der Waals surface area (Å²) in [4.78, 5) is 26.6. The Morgan fingerprint density at radius 3 is 2.38 bits per heavy atom. The van der Waals surface area contributed by atoms with Gasteiger partial charge in [-0.2, -0.15) is 0 Å². The zero-order valence-corrected chi connectivity index (χ0v) is 13.0. The van der Waals surface area contributed by atoms with Crippen LogP contribution in [0, 0.1) is 6.92 Å². The second-order valence-electron chi connectivity index (χ2n) is 5.34. The Kier molecular flexibility index (Phi) is 6.17. The molecular weight excluding hydrogens is 270 g/mol. The maximum Gasteiger partial charge on any atom is 0.335 e. The van der Waals surface area contributed by atoms with Crippen LogP contribution in [0.15, 0.2) is 18.2 Å². The Bertz CT molecular complexity index is 515. The smallest absolute Gasteiger partial charge is 0.335 e. The van der Waals surface area contributed by atoms with Crippen LogP contribution in [0.5, 0.6) is 0 Å². The van der Waals surface area contributed by atoms with Gasteiger partial charge in [0.2, 0.25) is 0 Å². The fourth-order valence-electron chi connectivity index (χ4n) is 1.87. The summed E-state index contributed by atoms with van der Waals surface area (Å²) < 4.78 is 0. The third kappa shape index (κ3) is 5.43. The highest BCUT2D eigenvalue weighted by atomic mass is 16.4. The molecule has 0 bridgehead atoms. The molecule has 0 radical (unpaired) electrons. The largest absolute Gasteiger partial charge is 0.478 e. The van der Waals surface area contributed by atoms with E-state index in [1.807, 2.05) is 14.1 Å². The molecule has 0 fully saturated rings. The second-order valence-corrected chi connectivity index (χ2v) is 5.34. The Morgan fingerprint density at radius 1 is 1.19 bits per heavy atom. The first-order chi connectivity index (χ1) is 9.81. The number of hydrogen-bond acceptors (Lipinski definition) is 3. The first-order valence-electron chi connectivity index (χ1n) is 6.82. The van der Waals surface area contributed by atoms with Crippen LogP contribution in [0.4, 0.5) is 10.5 Å². The number of carbonyl (C=O) groups excluding carboxylic acids is 1. The van der Waals surface area contributed by atoms with E-state index < -0.39 is 5.97 Å². The van der Waals surface area contributed by atoms with E-state index >= 15 is 0 Å². The minimum Gasteiger partial charge on any atom is -0.478 e. The minimum atomic E-state index is -0.975. The van der Waals surface area contributed by atoms with E-state index in [9.17, 15) is 9.59 Å². The van der Waals surface area contributed by atoms with Gasteiger partial charge in [-0.05, 0) is 57.7 Å². The van der Waals surface area contributed by atoms with Crippen LogP contribution >= 0.6 is 0 Å². The molecule has 0 aliphatic carbocycles. The molecule has 0 aliphatic heterocycles. The number of benzene rings is 1. The summed E-state index contributed by atoms with van der Waals surface area (Å²) in [7, 11) is 5.73. The summed E-state index contributed by atoms with van der Waals surface area (Å²) >= 11 is 0. The normalized spacial score (nSPS) is 10.5. The molecule has 2 amide bonds. The maximum atomic E-state index is 12.0. The predicted molar refractivity (Wildman–Crippen MR) is 83.0 cm³/mol. The van der Waals surface area contributed by atoms with Crippen molar-refractivity contribution in [2.75, 3.05) is 39.5 Å². The quantitative estimate of drug-likeness (QED) is 0.842. The number of aryl methyl sites for hydroxylation is 1. The molecule has 0 unspecified atom stereocenters. The van der Waals surface area contributed by atoms with E-state index in [4.69, 9.17) is 5.11 Å². The van der Waals surface area contributed by atoms with E-state index in [1.54, 1.807) is 31.0 Å². The molecule has 116 valence electrons. The molecule has 2 N–H and O–H groups in total. The fraction of sp³-hybridized carbons (Fsp3) is 0.467. The molecule has 0 saturated heterocycles. The number of carboxylic acid groups (broad SMARTS) is 1. The number of rotatable bonds is 6. The number of amides is 2. The van der Waals surface area contributed by atoms with Gasteiger partial charge in [0.25, 0.3) is 0 Å². The van der Waals surface area contributed by atoms with Gasteiger partial charge in [0.15, 0.2) is 0 Å². The molecule has 1 aromatic carbocycles. The average Bonchev–Trinajstić information content (AvgIpc) is 2.40. The number of hydrogen-bond donors (Lipinski definition) is 2. The topological polar surface area (TPSA) is 72.9 Å². The van der Waals surface area contributed by atoms with Crippen LogP contribution in [0.1, 0.15) is 22.3 Å². The molecule has 0 aromatic heterocycles. The molecule has 6 nitrogen and oxygen atoms in total. The SMILES string of the molecule is Cc1cc(C(=O)O)ccc1NC(=O)N(C)CCCN(C)C. The summed E-state index contributed by atoms with van der Waals surface area (Å²) in [5, 5.41) is 11.7. The highest BCUT2D eigenvalue weighted by Gasteiger charge is 2.11. The van der Waals surface area contributed by atoms with Gasteiger partial charge in [-0.3, -0.25) is 0 Å². The van der Waals surface area contributed by atoms with E-state index in [0.717, 1.165) is 18.5 Å². The lowest BCUT2D eigenvalue weighted by molar-refractivity contribution is 0.0697. The van der Waals surface area contributed by atoms with Crippen LogP contribution < -0.4 is 5.32 Å². The number of carboxylic acids is 1. The van der Waals surface area contributed by atoms with Crippen molar-refractivity contribution in [1.29, 1.82) is 0 Å². The molecule has 0 spiro atoms. The van der Waals surface area contributed by atoms with E-state index in [-0.39, 0.29) is 11.6 Å². The lowest BCUT2D eigenvalue weighted by Crippen LogP contribution is -2.33. The average molecular weight is 293 g/mol. The van der Waals surface area contributed by atoms with Gasteiger partial charge in [-0.15, -0.1) is 0 Å². The number of anilines is 1. The highest BCUT2D eigenvalue weighted by Crippen LogP contribution is 2.17. The van der Waals surface area contributed by atoms with Crippen LogP contribution in [0.3, 0.4) is 0 Å². The first-order valence-corrected chi connectivity index (χ1v) is 6.82. The van der Waals surface area contributed by atoms with Gasteiger partial charge >= 0.3 is 12.0 Å². The van der Waals surface area contributed by atoms with Crippen molar-refractivity contribution in [3.8, 4) is 0 Å². The van der Waals surface area contributed by atoms with Gasteiger partial charge in [0.1, 0.15) is 0 Å². The molecule has 0 heterocycles. The van der Waals surface area contributed by atoms with Crippen molar-refractivity contribution in [3.05, 3.63) is 29.3 Å². The van der Waals surface area contributed by atoms with Crippen LogP contribution in [-0.2, 0) is 0 Å². The minimum absolute atomic E-state index is 0.195. The van der Waals surface area contributed by atoms with Crippen molar-refractivity contribution in [1.82, 2.24) is 9.80 Å². The molecule has 0 aliphatic rings. The van der Waals surface area contributed by atoms with Gasteiger partial charge < -0.3 is 20.2 Å². The lowest BCUT2D eigenvalue weighted by Gasteiger charge is -2.20. The maximum absolute atomic E-state index is 12.0. The van der Waals surface area contributed by atoms with Gasteiger partial charge in [-0.1, -0.05) is 0 Å². The monoisotopic (exact) mass is 293 g/mol. The Morgan fingerprint density at radius 2 is 1.86 bits per heavy atom. The Hall–Kier alpha value is -2.08. The summed E-state index contributed by atoms with van der Waals surface area (Å²) in [5.41, 5.74) is 1.57. The highest BCUT2D eigenvalue weighted by molar-refractivity contribution is 5.92. The van der Waals surface area contributed by atoms with Crippen molar-refractivity contribution in [2.45, 2.75) is 13.3 Å². The molecule has 0 atom stereocenters. The third-order valence-corrected chi connectivity index (χ3v) is 3.16. The fourth-order valence-corrected chi connectivity index (χ4v) is 1.87. The summed E-state index contributed by atoms with van der Waals surface area (Å²) in [5.74, 6) is -0.975. The molecule has 0 saturated carbocycles. The van der Waals surface area contributed by atoms with Crippen LogP contribution in [0.2, 0.25) is 0 Å². The molecule has 1 rings (SSSR count). The standard InChI is InChI=1S/C15H23N3O3/c1-11-10-12(14(19)20)6-7-13(11)16-15(21)18(4)9-5-8-17(2)3/h6-7,10H,5,8-9H2,1-4H3,(H,16,21)(H,19,20).